The first kappa shape index (κ1) is 20.1. The lowest BCUT2D eigenvalue weighted by Gasteiger charge is -2.24. The van der Waals surface area contributed by atoms with E-state index in [1.165, 1.54) is 4.31 Å². The molecule has 4 rings (SSSR count). The lowest BCUT2D eigenvalue weighted by Crippen LogP contribution is -2.28. The molecule has 0 amide bonds. The number of hydrogen-bond acceptors (Lipinski definition) is 3. The van der Waals surface area contributed by atoms with Gasteiger partial charge in [0.1, 0.15) is 0 Å². The van der Waals surface area contributed by atoms with Crippen molar-refractivity contribution in [2.24, 2.45) is 0 Å². The van der Waals surface area contributed by atoms with Gasteiger partial charge in [-0.2, -0.15) is 0 Å². The van der Waals surface area contributed by atoms with Crippen molar-refractivity contribution in [3.8, 4) is 11.1 Å². The van der Waals surface area contributed by atoms with Crippen molar-refractivity contribution in [2.45, 2.75) is 25.7 Å². The van der Waals surface area contributed by atoms with Crippen molar-refractivity contribution in [2.75, 3.05) is 11.4 Å². The lowest BCUT2D eigenvalue weighted by molar-refractivity contribution is 0.594. The van der Waals surface area contributed by atoms with Gasteiger partial charge in [-0.25, -0.2) is 13.4 Å². The van der Waals surface area contributed by atoms with Crippen LogP contribution >= 0.6 is 0 Å². The van der Waals surface area contributed by atoms with Crippen LogP contribution in [0.25, 0.3) is 22.0 Å². The number of anilines is 1. The maximum absolute atomic E-state index is 13.4. The smallest absolute Gasteiger partial charge is 0.252 e. The summed E-state index contributed by atoms with van der Waals surface area (Å²) in [5.41, 5.74) is 5.70. The van der Waals surface area contributed by atoms with E-state index in [1.54, 1.807) is 31.3 Å². The number of aromatic nitrogens is 1. The van der Waals surface area contributed by atoms with Gasteiger partial charge in [0.2, 0.25) is 0 Å². The standard InChI is InChI=1S/C25H24N2O2S/c1-17-10-13-21(14-11-17)30(28,29)27(4)25-24(20-8-6-5-7-9-20)19(3)22-16-18(2)12-15-23(22)26-25/h5-16H,1-4H3. The van der Waals surface area contributed by atoms with E-state index in [2.05, 4.69) is 6.07 Å². The molecule has 4 nitrogen and oxygen atoms in total. The predicted octanol–water partition coefficient (Wildman–Crippen LogP) is 5.65. The van der Waals surface area contributed by atoms with Crippen molar-refractivity contribution in [3.63, 3.8) is 0 Å². The van der Waals surface area contributed by atoms with Crippen LogP contribution in [0.3, 0.4) is 0 Å². The van der Waals surface area contributed by atoms with Crippen LogP contribution in [0.4, 0.5) is 5.82 Å². The molecule has 0 N–H and O–H groups in total. The third kappa shape index (κ3) is 3.46. The summed E-state index contributed by atoms with van der Waals surface area (Å²) in [6.07, 6.45) is 0. The molecule has 3 aromatic carbocycles. The average Bonchev–Trinajstić information content (AvgIpc) is 2.74. The third-order valence-electron chi connectivity index (χ3n) is 5.42. The SMILES string of the molecule is Cc1ccc(S(=O)(=O)N(C)c2nc3ccc(C)cc3c(C)c2-c2ccccc2)cc1. The number of sulfonamides is 1. The second kappa shape index (κ2) is 7.58. The molecule has 0 aliphatic heterocycles. The van der Waals surface area contributed by atoms with Crippen LogP contribution in [-0.4, -0.2) is 20.4 Å². The van der Waals surface area contributed by atoms with Gasteiger partial charge in [-0.1, -0.05) is 59.7 Å². The molecule has 30 heavy (non-hydrogen) atoms. The summed E-state index contributed by atoms with van der Waals surface area (Å²) in [4.78, 5) is 5.06. The van der Waals surface area contributed by atoms with E-state index < -0.39 is 10.0 Å². The molecule has 0 unspecified atom stereocenters. The Hall–Kier alpha value is -3.18. The molecule has 0 saturated heterocycles. The maximum Gasteiger partial charge on any atom is 0.265 e. The van der Waals surface area contributed by atoms with Crippen LogP contribution in [0.1, 0.15) is 16.7 Å². The quantitative estimate of drug-likeness (QED) is 0.432. The van der Waals surface area contributed by atoms with Gasteiger partial charge < -0.3 is 0 Å². The highest BCUT2D eigenvalue weighted by molar-refractivity contribution is 7.92. The fraction of sp³-hybridized carbons (Fsp3) is 0.160. The number of nitrogens with zero attached hydrogens (tertiary/aromatic N) is 2. The fourth-order valence-electron chi connectivity index (χ4n) is 3.68. The molecule has 5 heteroatoms. The molecule has 0 spiro atoms. The van der Waals surface area contributed by atoms with E-state index in [0.717, 1.165) is 38.7 Å². The summed E-state index contributed by atoms with van der Waals surface area (Å²) >= 11 is 0. The van der Waals surface area contributed by atoms with Crippen LogP contribution in [0.5, 0.6) is 0 Å². The first-order valence-corrected chi connectivity index (χ1v) is 11.2. The van der Waals surface area contributed by atoms with Gasteiger partial charge in [-0.15, -0.1) is 0 Å². The van der Waals surface area contributed by atoms with E-state index in [9.17, 15) is 8.42 Å². The van der Waals surface area contributed by atoms with E-state index in [0.29, 0.717) is 5.82 Å². The second-order valence-electron chi connectivity index (χ2n) is 7.61. The Bertz CT molecular complexity index is 1330. The van der Waals surface area contributed by atoms with Gasteiger partial charge in [0.05, 0.1) is 10.4 Å². The highest BCUT2D eigenvalue weighted by atomic mass is 32.2. The van der Waals surface area contributed by atoms with Gasteiger partial charge in [0.15, 0.2) is 5.82 Å². The summed E-state index contributed by atoms with van der Waals surface area (Å²) in [5, 5.41) is 1.03. The summed E-state index contributed by atoms with van der Waals surface area (Å²) in [6.45, 7) is 6.01. The van der Waals surface area contributed by atoms with Crippen molar-refractivity contribution in [1.82, 2.24) is 4.98 Å². The van der Waals surface area contributed by atoms with Crippen LogP contribution in [-0.2, 0) is 10.0 Å². The molecule has 0 fully saturated rings. The first-order valence-electron chi connectivity index (χ1n) is 9.81. The number of fused-ring (bicyclic) bond motifs is 1. The van der Waals surface area contributed by atoms with Crippen LogP contribution in [0, 0.1) is 20.8 Å². The zero-order valence-corrected chi connectivity index (χ0v) is 18.4. The van der Waals surface area contributed by atoms with Crippen molar-refractivity contribution in [1.29, 1.82) is 0 Å². The zero-order chi connectivity index (χ0) is 21.5. The van der Waals surface area contributed by atoms with Crippen molar-refractivity contribution in [3.05, 3.63) is 89.5 Å². The minimum Gasteiger partial charge on any atom is -0.252 e. The molecule has 0 aliphatic carbocycles. The van der Waals surface area contributed by atoms with E-state index in [1.807, 2.05) is 63.2 Å². The monoisotopic (exact) mass is 416 g/mol. The molecule has 0 aliphatic rings. The van der Waals surface area contributed by atoms with Crippen LogP contribution < -0.4 is 4.31 Å². The molecule has 1 heterocycles. The predicted molar refractivity (Wildman–Crippen MR) is 123 cm³/mol. The molecule has 0 atom stereocenters. The minimum absolute atomic E-state index is 0.248. The number of benzene rings is 3. The fourth-order valence-corrected chi connectivity index (χ4v) is 4.84. The molecule has 0 saturated carbocycles. The molecule has 1 aromatic heterocycles. The Kier molecular flexibility index (Phi) is 5.08. The third-order valence-corrected chi connectivity index (χ3v) is 7.18. The molecule has 4 aromatic rings. The van der Waals surface area contributed by atoms with Gasteiger partial charge in [-0.3, -0.25) is 4.31 Å². The Morgan fingerprint density at radius 3 is 2.10 bits per heavy atom. The summed E-state index contributed by atoms with van der Waals surface area (Å²) < 4.78 is 28.1. The second-order valence-corrected chi connectivity index (χ2v) is 9.58. The summed E-state index contributed by atoms with van der Waals surface area (Å²) in [5.74, 6) is 0.427. The van der Waals surface area contributed by atoms with Crippen molar-refractivity contribution < 1.29 is 8.42 Å². The normalized spacial score (nSPS) is 11.6. The minimum atomic E-state index is -3.76. The Balaban J connectivity index is 1.99. The molecule has 0 bridgehead atoms. The summed E-state index contributed by atoms with van der Waals surface area (Å²) in [7, 11) is -2.19. The molecule has 0 radical (unpaired) electrons. The average molecular weight is 417 g/mol. The van der Waals surface area contributed by atoms with Crippen LogP contribution in [0.15, 0.2) is 77.7 Å². The molecular formula is C25H24N2O2S. The van der Waals surface area contributed by atoms with Gasteiger partial charge in [-0.05, 0) is 56.2 Å². The van der Waals surface area contributed by atoms with E-state index in [-0.39, 0.29) is 4.90 Å². The van der Waals surface area contributed by atoms with Gasteiger partial charge in [0.25, 0.3) is 10.0 Å². The molecular weight excluding hydrogens is 392 g/mol. The molecule has 152 valence electrons. The first-order chi connectivity index (χ1) is 14.3. The van der Waals surface area contributed by atoms with Gasteiger partial charge >= 0.3 is 0 Å². The van der Waals surface area contributed by atoms with E-state index in [4.69, 9.17) is 4.98 Å². The zero-order valence-electron chi connectivity index (χ0n) is 17.5. The largest absolute Gasteiger partial charge is 0.265 e. The number of hydrogen-bond donors (Lipinski definition) is 0. The van der Waals surface area contributed by atoms with Crippen molar-refractivity contribution >= 4 is 26.7 Å². The highest BCUT2D eigenvalue weighted by Crippen LogP contribution is 2.38. The highest BCUT2D eigenvalue weighted by Gasteiger charge is 2.26. The Labute approximate surface area is 177 Å². The topological polar surface area (TPSA) is 50.3 Å². The lowest BCUT2D eigenvalue weighted by atomic mass is 9.97. The van der Waals surface area contributed by atoms with E-state index >= 15 is 0 Å². The maximum atomic E-state index is 13.4. The van der Waals surface area contributed by atoms with Gasteiger partial charge in [0, 0.05) is 18.0 Å². The Morgan fingerprint density at radius 2 is 1.43 bits per heavy atom. The number of rotatable bonds is 4. The van der Waals surface area contributed by atoms with Crippen LogP contribution in [0.2, 0.25) is 0 Å². The number of aryl methyl sites for hydroxylation is 3. The number of pyridine rings is 1. The Morgan fingerprint density at radius 1 is 0.800 bits per heavy atom. The summed E-state index contributed by atoms with van der Waals surface area (Å²) in [6, 6.07) is 22.8.